The summed E-state index contributed by atoms with van der Waals surface area (Å²) >= 11 is 1.57. The Balaban J connectivity index is 1.53. The second kappa shape index (κ2) is 9.04. The van der Waals surface area contributed by atoms with E-state index in [0.717, 1.165) is 33.3 Å². The van der Waals surface area contributed by atoms with Crippen LogP contribution in [0.5, 0.6) is 0 Å². The molecule has 6 heteroatoms. The number of thiophene rings is 1. The third kappa shape index (κ3) is 4.00. The average Bonchev–Trinajstić information content (AvgIpc) is 3.57. The van der Waals surface area contributed by atoms with Gasteiger partial charge < -0.3 is 9.73 Å². The third-order valence-corrected chi connectivity index (χ3v) is 7.60. The molecule has 5 nitrogen and oxygen atoms in total. The van der Waals surface area contributed by atoms with E-state index >= 15 is 0 Å². The van der Waals surface area contributed by atoms with E-state index in [9.17, 15) is 9.59 Å². The molecule has 0 fully saturated rings. The van der Waals surface area contributed by atoms with Gasteiger partial charge in [0.15, 0.2) is 5.78 Å². The van der Waals surface area contributed by atoms with Crippen LogP contribution in [0.4, 0.5) is 11.4 Å². The number of rotatable bonds is 4. The van der Waals surface area contributed by atoms with Crippen LogP contribution < -0.4 is 10.2 Å². The molecule has 0 saturated heterocycles. The normalized spacial score (nSPS) is 19.5. The molecule has 0 spiro atoms. The molecule has 1 aliphatic carbocycles. The van der Waals surface area contributed by atoms with Crippen molar-refractivity contribution in [3.63, 3.8) is 0 Å². The van der Waals surface area contributed by atoms with E-state index in [4.69, 9.17) is 4.42 Å². The fourth-order valence-electron chi connectivity index (χ4n) is 5.19. The summed E-state index contributed by atoms with van der Waals surface area (Å²) in [5, 5.41) is 5.53. The minimum Gasteiger partial charge on any atom is -0.469 e. The van der Waals surface area contributed by atoms with Crippen molar-refractivity contribution in [3.8, 4) is 0 Å². The number of benzene rings is 2. The second-order valence-electron chi connectivity index (χ2n) is 8.91. The number of nitrogens with one attached hydrogen (secondary N) is 1. The van der Waals surface area contributed by atoms with E-state index < -0.39 is 6.04 Å². The zero-order valence-corrected chi connectivity index (χ0v) is 19.8. The zero-order chi connectivity index (χ0) is 23.8. The van der Waals surface area contributed by atoms with Crippen LogP contribution in [0.1, 0.15) is 41.0 Å². The Morgan fingerprint density at radius 3 is 2.57 bits per heavy atom. The number of nitrogens with zero attached hydrogens (tertiary/aromatic N) is 1. The topological polar surface area (TPSA) is 62.6 Å². The first-order valence-corrected chi connectivity index (χ1v) is 12.6. The van der Waals surface area contributed by atoms with E-state index in [1.54, 1.807) is 17.6 Å². The maximum absolute atomic E-state index is 14.0. The summed E-state index contributed by atoms with van der Waals surface area (Å²) in [7, 11) is 0. The Morgan fingerprint density at radius 1 is 0.971 bits per heavy atom. The van der Waals surface area contributed by atoms with Crippen LogP contribution in [0.25, 0.3) is 0 Å². The van der Waals surface area contributed by atoms with E-state index in [1.807, 2.05) is 89.1 Å². The summed E-state index contributed by atoms with van der Waals surface area (Å²) in [5.74, 6) is 0.771. The molecule has 2 aliphatic rings. The SMILES string of the molecule is O=C1CC(c2ccco2)CC2=C1C(c1ccccc1)N(C(=O)Cc1cccs1)c1ccccc1N2. The van der Waals surface area contributed by atoms with Crippen molar-refractivity contribution in [2.45, 2.75) is 31.2 Å². The van der Waals surface area contributed by atoms with Crippen LogP contribution in [0.3, 0.4) is 0 Å². The second-order valence-corrected chi connectivity index (χ2v) is 9.94. The van der Waals surface area contributed by atoms with Crippen molar-refractivity contribution in [1.82, 2.24) is 0 Å². The van der Waals surface area contributed by atoms with Crippen molar-refractivity contribution in [2.24, 2.45) is 0 Å². The molecule has 2 aromatic carbocycles. The number of furan rings is 1. The first-order chi connectivity index (χ1) is 17.2. The Kier molecular flexibility index (Phi) is 5.58. The van der Waals surface area contributed by atoms with Gasteiger partial charge in [-0.05, 0) is 47.7 Å². The van der Waals surface area contributed by atoms with Crippen molar-refractivity contribution >= 4 is 34.4 Å². The number of Topliss-reactive ketones (excluding diaryl/α,β-unsaturated/α-hetero) is 1. The average molecular weight is 481 g/mol. The smallest absolute Gasteiger partial charge is 0.233 e. The van der Waals surface area contributed by atoms with Crippen molar-refractivity contribution in [2.75, 3.05) is 10.2 Å². The van der Waals surface area contributed by atoms with Crippen LogP contribution >= 0.6 is 11.3 Å². The number of carbonyl (C=O) groups is 2. The Bertz CT molecular complexity index is 1390. The van der Waals surface area contributed by atoms with Gasteiger partial charge in [-0.2, -0.15) is 0 Å². The molecule has 35 heavy (non-hydrogen) atoms. The fraction of sp³-hybridized carbons (Fsp3) is 0.172. The quantitative estimate of drug-likeness (QED) is 0.363. The van der Waals surface area contributed by atoms with Gasteiger partial charge in [0.2, 0.25) is 5.91 Å². The van der Waals surface area contributed by atoms with E-state index in [0.29, 0.717) is 18.4 Å². The fourth-order valence-corrected chi connectivity index (χ4v) is 5.88. The molecule has 1 N–H and O–H groups in total. The van der Waals surface area contributed by atoms with Gasteiger partial charge in [-0.25, -0.2) is 0 Å². The van der Waals surface area contributed by atoms with Gasteiger partial charge in [0.25, 0.3) is 0 Å². The lowest BCUT2D eigenvalue weighted by atomic mass is 9.80. The molecular weight excluding hydrogens is 456 g/mol. The molecular formula is C29H24N2O3S. The first kappa shape index (κ1) is 21.6. The minimum atomic E-state index is -0.514. The van der Waals surface area contributed by atoms with Crippen molar-refractivity contribution in [3.05, 3.63) is 118 Å². The van der Waals surface area contributed by atoms with Gasteiger partial charge in [0.1, 0.15) is 5.76 Å². The van der Waals surface area contributed by atoms with Gasteiger partial charge in [0, 0.05) is 28.5 Å². The number of anilines is 2. The number of fused-ring (bicyclic) bond motifs is 1. The molecule has 1 aliphatic heterocycles. The lowest BCUT2D eigenvalue weighted by molar-refractivity contribution is -0.118. The molecule has 6 rings (SSSR count). The number of ketones is 1. The van der Waals surface area contributed by atoms with Crippen LogP contribution in [0.2, 0.25) is 0 Å². The molecule has 174 valence electrons. The number of para-hydroxylation sites is 2. The number of hydrogen-bond acceptors (Lipinski definition) is 5. The molecule has 2 atom stereocenters. The molecule has 3 heterocycles. The molecule has 0 radical (unpaired) electrons. The summed E-state index contributed by atoms with van der Waals surface area (Å²) in [6.45, 7) is 0. The number of amides is 1. The highest BCUT2D eigenvalue weighted by molar-refractivity contribution is 7.10. The van der Waals surface area contributed by atoms with E-state index in [1.165, 1.54) is 0 Å². The summed E-state index contributed by atoms with van der Waals surface area (Å²) in [4.78, 5) is 30.6. The largest absolute Gasteiger partial charge is 0.469 e. The van der Waals surface area contributed by atoms with Crippen LogP contribution in [0, 0.1) is 0 Å². The molecule has 1 amide bonds. The highest BCUT2D eigenvalue weighted by Gasteiger charge is 2.41. The summed E-state index contributed by atoms with van der Waals surface area (Å²) in [6.07, 6.45) is 2.91. The van der Waals surface area contributed by atoms with Gasteiger partial charge >= 0.3 is 0 Å². The van der Waals surface area contributed by atoms with Crippen LogP contribution in [0.15, 0.2) is 106 Å². The van der Waals surface area contributed by atoms with Crippen LogP contribution in [-0.4, -0.2) is 11.7 Å². The predicted molar refractivity (Wildman–Crippen MR) is 137 cm³/mol. The number of carbonyl (C=O) groups excluding carboxylic acids is 2. The first-order valence-electron chi connectivity index (χ1n) is 11.7. The maximum Gasteiger partial charge on any atom is 0.233 e. The summed E-state index contributed by atoms with van der Waals surface area (Å²) < 4.78 is 5.67. The Hall–Kier alpha value is -3.90. The number of hydrogen-bond donors (Lipinski definition) is 1. The molecule has 0 saturated carbocycles. The molecule has 4 aromatic rings. The molecule has 2 aromatic heterocycles. The standard InChI is InChI=1S/C29H24N2O3S/c32-25-17-20(26-13-6-14-34-26)16-23-28(25)29(19-8-2-1-3-9-19)31(24-12-5-4-11-22(24)30-23)27(33)18-21-10-7-15-35-21/h1-15,20,29-30H,16-18H2. The monoisotopic (exact) mass is 480 g/mol. The molecule has 0 bridgehead atoms. The highest BCUT2D eigenvalue weighted by atomic mass is 32.1. The predicted octanol–water partition coefficient (Wildman–Crippen LogP) is 6.48. The van der Waals surface area contributed by atoms with Gasteiger partial charge in [-0.1, -0.05) is 48.5 Å². The molecule has 2 unspecified atom stereocenters. The zero-order valence-electron chi connectivity index (χ0n) is 19.0. The van der Waals surface area contributed by atoms with E-state index in [2.05, 4.69) is 5.32 Å². The van der Waals surface area contributed by atoms with Gasteiger partial charge in [0.05, 0.1) is 30.1 Å². The minimum absolute atomic E-state index is 0.0368. The summed E-state index contributed by atoms with van der Waals surface area (Å²) in [6, 6.07) is 24.9. The number of allylic oxidation sites excluding steroid dienone is 1. The highest BCUT2D eigenvalue weighted by Crippen LogP contribution is 2.47. The van der Waals surface area contributed by atoms with Crippen LogP contribution in [-0.2, 0) is 16.0 Å². The van der Waals surface area contributed by atoms with E-state index in [-0.39, 0.29) is 24.0 Å². The van der Waals surface area contributed by atoms with Crippen molar-refractivity contribution in [1.29, 1.82) is 0 Å². The lowest BCUT2D eigenvalue weighted by Crippen LogP contribution is -2.39. The Labute approximate surface area is 207 Å². The Morgan fingerprint density at radius 2 is 1.80 bits per heavy atom. The lowest BCUT2D eigenvalue weighted by Gasteiger charge is -2.34. The maximum atomic E-state index is 14.0. The van der Waals surface area contributed by atoms with Gasteiger partial charge in [-0.15, -0.1) is 11.3 Å². The van der Waals surface area contributed by atoms with Crippen molar-refractivity contribution < 1.29 is 14.0 Å². The van der Waals surface area contributed by atoms with Gasteiger partial charge in [-0.3, -0.25) is 14.5 Å². The summed E-state index contributed by atoms with van der Waals surface area (Å²) in [5.41, 5.74) is 4.04. The third-order valence-electron chi connectivity index (χ3n) is 6.72.